The summed E-state index contributed by atoms with van der Waals surface area (Å²) in [5, 5.41) is 11.8. The molecular weight excluding hydrogens is 200 g/mol. The van der Waals surface area contributed by atoms with Crippen molar-refractivity contribution in [1.29, 1.82) is 0 Å². The summed E-state index contributed by atoms with van der Waals surface area (Å²) in [7, 11) is 0. The highest BCUT2D eigenvalue weighted by Crippen LogP contribution is 2.20. The van der Waals surface area contributed by atoms with E-state index in [0.717, 1.165) is 11.1 Å². The summed E-state index contributed by atoms with van der Waals surface area (Å²) in [5.41, 5.74) is 0. The van der Waals surface area contributed by atoms with Crippen LogP contribution in [-0.4, -0.2) is 17.8 Å². The van der Waals surface area contributed by atoms with Crippen molar-refractivity contribution in [2.24, 2.45) is 0 Å². The van der Waals surface area contributed by atoms with Crippen LogP contribution < -0.4 is 4.74 Å². The van der Waals surface area contributed by atoms with Crippen LogP contribution in [0.2, 0.25) is 0 Å². The van der Waals surface area contributed by atoms with E-state index >= 15 is 0 Å². The lowest BCUT2D eigenvalue weighted by atomic mass is 10.1. The molecule has 0 bridgehead atoms. The molecule has 0 saturated carbocycles. The number of rotatable bonds is 4. The van der Waals surface area contributed by atoms with Crippen LogP contribution in [0.5, 0.6) is 5.75 Å². The fourth-order valence-electron chi connectivity index (χ4n) is 1.57. The van der Waals surface area contributed by atoms with Gasteiger partial charge in [0.25, 0.3) is 0 Å². The Kier molecular flexibility index (Phi) is 3.42. The number of ether oxygens (including phenoxy) is 1. The predicted octanol–water partition coefficient (Wildman–Crippen LogP) is 2.99. The standard InChI is InChI=1S/C14H16O2/c1-2-13(15)10-16-14-8-7-11-5-3-4-6-12(11)9-14/h3-9,13,15H,2,10H2,1H3. The Morgan fingerprint density at radius 2 is 1.88 bits per heavy atom. The number of benzene rings is 2. The molecule has 1 atom stereocenters. The molecule has 0 spiro atoms. The molecule has 2 heteroatoms. The molecule has 0 heterocycles. The molecular formula is C14H16O2. The summed E-state index contributed by atoms with van der Waals surface area (Å²) in [6.45, 7) is 2.29. The third-order valence-electron chi connectivity index (χ3n) is 2.63. The number of aliphatic hydroxyl groups excluding tert-OH is 1. The lowest BCUT2D eigenvalue weighted by Crippen LogP contribution is -2.15. The molecule has 0 amide bonds. The molecule has 0 fully saturated rings. The lowest BCUT2D eigenvalue weighted by molar-refractivity contribution is 0.104. The number of hydrogen-bond donors (Lipinski definition) is 1. The first-order chi connectivity index (χ1) is 7.79. The van der Waals surface area contributed by atoms with Gasteiger partial charge in [0.1, 0.15) is 12.4 Å². The molecule has 16 heavy (non-hydrogen) atoms. The van der Waals surface area contributed by atoms with Crippen LogP contribution in [0.25, 0.3) is 10.8 Å². The zero-order valence-electron chi connectivity index (χ0n) is 9.39. The second kappa shape index (κ2) is 4.99. The van der Waals surface area contributed by atoms with Gasteiger partial charge in [0.15, 0.2) is 0 Å². The lowest BCUT2D eigenvalue weighted by Gasteiger charge is -2.10. The van der Waals surface area contributed by atoms with Crippen LogP contribution in [0.15, 0.2) is 42.5 Å². The normalized spacial score (nSPS) is 12.6. The van der Waals surface area contributed by atoms with E-state index in [4.69, 9.17) is 4.74 Å². The van der Waals surface area contributed by atoms with Crippen LogP contribution in [-0.2, 0) is 0 Å². The highest BCUT2D eigenvalue weighted by Gasteiger charge is 2.02. The van der Waals surface area contributed by atoms with Crippen LogP contribution in [0, 0.1) is 0 Å². The van der Waals surface area contributed by atoms with Crippen molar-refractivity contribution in [3.05, 3.63) is 42.5 Å². The minimum Gasteiger partial charge on any atom is -0.491 e. The van der Waals surface area contributed by atoms with E-state index in [9.17, 15) is 5.11 Å². The molecule has 0 aliphatic rings. The molecule has 0 radical (unpaired) electrons. The van der Waals surface area contributed by atoms with Crippen LogP contribution in [0.3, 0.4) is 0 Å². The third-order valence-corrected chi connectivity index (χ3v) is 2.63. The summed E-state index contributed by atoms with van der Waals surface area (Å²) in [4.78, 5) is 0. The zero-order chi connectivity index (χ0) is 11.4. The SMILES string of the molecule is CCC(O)COc1ccc2ccccc2c1. The van der Waals surface area contributed by atoms with Gasteiger partial charge in [-0.05, 0) is 29.3 Å². The van der Waals surface area contributed by atoms with Gasteiger partial charge in [-0.3, -0.25) is 0 Å². The first-order valence-electron chi connectivity index (χ1n) is 5.59. The Morgan fingerprint density at radius 1 is 1.12 bits per heavy atom. The predicted molar refractivity (Wildman–Crippen MR) is 65.7 cm³/mol. The zero-order valence-corrected chi connectivity index (χ0v) is 9.39. The summed E-state index contributed by atoms with van der Waals surface area (Å²) in [6, 6.07) is 14.1. The molecule has 2 aromatic carbocycles. The first-order valence-corrected chi connectivity index (χ1v) is 5.59. The largest absolute Gasteiger partial charge is 0.491 e. The van der Waals surface area contributed by atoms with Crippen molar-refractivity contribution in [3.63, 3.8) is 0 Å². The van der Waals surface area contributed by atoms with E-state index in [-0.39, 0.29) is 6.10 Å². The minimum absolute atomic E-state index is 0.356. The smallest absolute Gasteiger partial charge is 0.120 e. The summed E-state index contributed by atoms with van der Waals surface area (Å²) in [6.07, 6.45) is 0.333. The Hall–Kier alpha value is -1.54. The maximum atomic E-state index is 9.41. The molecule has 84 valence electrons. The van der Waals surface area contributed by atoms with Gasteiger partial charge in [-0.25, -0.2) is 0 Å². The Balaban J connectivity index is 2.13. The summed E-state index contributed by atoms with van der Waals surface area (Å²) < 4.78 is 5.52. The van der Waals surface area contributed by atoms with Crippen molar-refractivity contribution in [1.82, 2.24) is 0 Å². The van der Waals surface area contributed by atoms with E-state index < -0.39 is 0 Å². The molecule has 1 unspecified atom stereocenters. The van der Waals surface area contributed by atoms with Gasteiger partial charge in [-0.1, -0.05) is 37.3 Å². The maximum Gasteiger partial charge on any atom is 0.120 e. The van der Waals surface area contributed by atoms with Crippen LogP contribution in [0.1, 0.15) is 13.3 Å². The van der Waals surface area contributed by atoms with E-state index in [1.54, 1.807) is 0 Å². The number of aliphatic hydroxyl groups is 1. The number of hydrogen-bond acceptors (Lipinski definition) is 2. The van der Waals surface area contributed by atoms with E-state index in [1.165, 1.54) is 5.39 Å². The first kappa shape index (κ1) is 11.0. The second-order valence-corrected chi connectivity index (χ2v) is 3.88. The van der Waals surface area contributed by atoms with Gasteiger partial charge >= 0.3 is 0 Å². The van der Waals surface area contributed by atoms with Gasteiger partial charge < -0.3 is 9.84 Å². The van der Waals surface area contributed by atoms with Crippen LogP contribution in [0.4, 0.5) is 0 Å². The van der Waals surface area contributed by atoms with Gasteiger partial charge in [0, 0.05) is 0 Å². The van der Waals surface area contributed by atoms with Crippen LogP contribution >= 0.6 is 0 Å². The summed E-state index contributed by atoms with van der Waals surface area (Å²) in [5.74, 6) is 0.811. The maximum absolute atomic E-state index is 9.41. The molecule has 1 N–H and O–H groups in total. The molecule has 0 saturated heterocycles. The second-order valence-electron chi connectivity index (χ2n) is 3.88. The molecule has 0 aliphatic heterocycles. The van der Waals surface area contributed by atoms with E-state index in [1.807, 2.05) is 37.3 Å². The van der Waals surface area contributed by atoms with E-state index in [0.29, 0.717) is 13.0 Å². The average Bonchev–Trinajstić information content (AvgIpc) is 2.35. The quantitative estimate of drug-likeness (QED) is 0.851. The van der Waals surface area contributed by atoms with E-state index in [2.05, 4.69) is 12.1 Å². The third kappa shape index (κ3) is 2.52. The minimum atomic E-state index is -0.383. The number of fused-ring (bicyclic) bond motifs is 1. The highest BCUT2D eigenvalue weighted by atomic mass is 16.5. The molecule has 0 aliphatic carbocycles. The molecule has 2 aromatic rings. The van der Waals surface area contributed by atoms with Gasteiger partial charge in [-0.15, -0.1) is 0 Å². The van der Waals surface area contributed by atoms with Crippen molar-refractivity contribution in [3.8, 4) is 5.75 Å². The Labute approximate surface area is 95.5 Å². The Bertz CT molecular complexity index is 465. The average molecular weight is 216 g/mol. The fraction of sp³-hybridized carbons (Fsp3) is 0.286. The topological polar surface area (TPSA) is 29.5 Å². The Morgan fingerprint density at radius 3 is 2.62 bits per heavy atom. The van der Waals surface area contributed by atoms with Crippen molar-refractivity contribution in [2.45, 2.75) is 19.4 Å². The van der Waals surface area contributed by atoms with Crippen molar-refractivity contribution in [2.75, 3.05) is 6.61 Å². The molecule has 2 rings (SSSR count). The van der Waals surface area contributed by atoms with Gasteiger partial charge in [-0.2, -0.15) is 0 Å². The van der Waals surface area contributed by atoms with Gasteiger partial charge in [0.05, 0.1) is 6.10 Å². The van der Waals surface area contributed by atoms with Crippen molar-refractivity contribution < 1.29 is 9.84 Å². The van der Waals surface area contributed by atoms with Crippen molar-refractivity contribution >= 4 is 10.8 Å². The fourth-order valence-corrected chi connectivity index (χ4v) is 1.57. The van der Waals surface area contributed by atoms with Gasteiger partial charge in [0.2, 0.25) is 0 Å². The monoisotopic (exact) mass is 216 g/mol. The highest BCUT2D eigenvalue weighted by molar-refractivity contribution is 5.83. The summed E-state index contributed by atoms with van der Waals surface area (Å²) >= 11 is 0. The molecule has 0 aromatic heterocycles. The molecule has 2 nitrogen and oxygen atoms in total.